The van der Waals surface area contributed by atoms with E-state index in [2.05, 4.69) is 15.2 Å². The Kier molecular flexibility index (Phi) is 4.96. The maximum absolute atomic E-state index is 12.9. The number of hydrogen-bond donors (Lipinski definition) is 1. The number of carbonyl (C=O) groups excluding carboxylic acids is 1. The van der Waals surface area contributed by atoms with E-state index in [-0.39, 0.29) is 12.3 Å². The highest BCUT2D eigenvalue weighted by molar-refractivity contribution is 5.92. The Balaban J connectivity index is 1.90. The highest BCUT2D eigenvalue weighted by Gasteiger charge is 2.37. The lowest BCUT2D eigenvalue weighted by Gasteiger charge is -2.32. The molecule has 3 heterocycles. The number of fused-ring (bicyclic) bond motifs is 1. The van der Waals surface area contributed by atoms with Gasteiger partial charge in [-0.1, -0.05) is 12.1 Å². The molecule has 0 bridgehead atoms. The number of imidazole rings is 1. The van der Waals surface area contributed by atoms with Gasteiger partial charge in [0.2, 0.25) is 5.95 Å². The van der Waals surface area contributed by atoms with Crippen LogP contribution in [0.5, 0.6) is 0 Å². The zero-order valence-corrected chi connectivity index (χ0v) is 16.4. The van der Waals surface area contributed by atoms with E-state index in [0.717, 1.165) is 31.7 Å². The molecule has 0 radical (unpaired) electrons. The average molecular weight is 397 g/mol. The van der Waals surface area contributed by atoms with Crippen LogP contribution in [0.2, 0.25) is 0 Å². The standard InChI is InChI=1S/C20H23N5O4/c1-3-29-19(26)17-13(2)22-20-21-12-16(23-9-4-5-10-23)24(20)18(17)14-7-6-8-15(11-14)25(27)28/h6-8,11-12,18H,3-5,9-10H2,1-2H3,(H,21,22). The summed E-state index contributed by atoms with van der Waals surface area (Å²) in [7, 11) is 0. The van der Waals surface area contributed by atoms with Crippen molar-refractivity contribution in [1.82, 2.24) is 9.55 Å². The van der Waals surface area contributed by atoms with E-state index in [1.54, 1.807) is 32.2 Å². The number of nitro groups is 1. The molecule has 152 valence electrons. The highest BCUT2D eigenvalue weighted by Crippen LogP contribution is 2.41. The second-order valence-electron chi connectivity index (χ2n) is 7.14. The summed E-state index contributed by atoms with van der Waals surface area (Å²) in [5.41, 5.74) is 1.68. The molecular formula is C20H23N5O4. The van der Waals surface area contributed by atoms with Gasteiger partial charge >= 0.3 is 5.97 Å². The Morgan fingerprint density at radius 2 is 2.14 bits per heavy atom. The fraction of sp³-hybridized carbons (Fsp3) is 0.400. The van der Waals surface area contributed by atoms with Crippen LogP contribution < -0.4 is 10.2 Å². The number of allylic oxidation sites excluding steroid dienone is 1. The number of ether oxygens (including phenoxy) is 1. The maximum Gasteiger partial charge on any atom is 0.338 e. The summed E-state index contributed by atoms with van der Waals surface area (Å²) in [5.74, 6) is 1.05. The fourth-order valence-corrected chi connectivity index (χ4v) is 4.05. The first-order chi connectivity index (χ1) is 14.0. The first-order valence-electron chi connectivity index (χ1n) is 9.72. The molecule has 0 saturated carbocycles. The third-order valence-corrected chi connectivity index (χ3v) is 5.33. The van der Waals surface area contributed by atoms with Crippen LogP contribution in [0.1, 0.15) is 38.3 Å². The first-order valence-corrected chi connectivity index (χ1v) is 9.72. The quantitative estimate of drug-likeness (QED) is 0.469. The molecule has 9 nitrogen and oxygen atoms in total. The van der Waals surface area contributed by atoms with Crippen molar-refractivity contribution in [3.63, 3.8) is 0 Å². The fourth-order valence-electron chi connectivity index (χ4n) is 4.05. The second kappa shape index (κ2) is 7.57. The van der Waals surface area contributed by atoms with Gasteiger partial charge in [-0.3, -0.25) is 14.7 Å². The second-order valence-corrected chi connectivity index (χ2v) is 7.14. The van der Waals surface area contributed by atoms with E-state index < -0.39 is 16.9 Å². The van der Waals surface area contributed by atoms with Crippen molar-refractivity contribution in [1.29, 1.82) is 0 Å². The minimum absolute atomic E-state index is 0.0220. The van der Waals surface area contributed by atoms with Gasteiger partial charge in [0.05, 0.1) is 29.3 Å². The molecule has 29 heavy (non-hydrogen) atoms. The van der Waals surface area contributed by atoms with Crippen molar-refractivity contribution in [2.75, 3.05) is 29.9 Å². The molecule has 1 aromatic carbocycles. The summed E-state index contributed by atoms with van der Waals surface area (Å²) in [6.45, 7) is 5.61. The summed E-state index contributed by atoms with van der Waals surface area (Å²) in [5, 5.41) is 14.6. The molecule has 9 heteroatoms. The molecule has 0 amide bonds. The van der Waals surface area contributed by atoms with E-state index in [1.165, 1.54) is 12.1 Å². The number of nitrogens with one attached hydrogen (secondary N) is 1. The van der Waals surface area contributed by atoms with Gasteiger partial charge in [0.1, 0.15) is 5.82 Å². The molecule has 1 N–H and O–H groups in total. The average Bonchev–Trinajstić information content (AvgIpc) is 3.36. The van der Waals surface area contributed by atoms with Crippen molar-refractivity contribution in [2.24, 2.45) is 0 Å². The van der Waals surface area contributed by atoms with Crippen LogP contribution in [-0.4, -0.2) is 40.1 Å². The van der Waals surface area contributed by atoms with Crippen molar-refractivity contribution in [3.8, 4) is 0 Å². The van der Waals surface area contributed by atoms with Gasteiger partial charge in [-0.25, -0.2) is 9.78 Å². The minimum Gasteiger partial charge on any atom is -0.463 e. The van der Waals surface area contributed by atoms with Gasteiger partial charge in [0.15, 0.2) is 0 Å². The van der Waals surface area contributed by atoms with Gasteiger partial charge in [0.25, 0.3) is 5.69 Å². The molecule has 1 unspecified atom stereocenters. The molecule has 1 aromatic heterocycles. The van der Waals surface area contributed by atoms with Crippen molar-refractivity contribution in [2.45, 2.75) is 32.7 Å². The van der Waals surface area contributed by atoms with E-state index in [1.807, 2.05) is 4.57 Å². The highest BCUT2D eigenvalue weighted by atomic mass is 16.6. The van der Waals surface area contributed by atoms with Crippen LogP contribution in [0, 0.1) is 10.1 Å². The molecule has 2 aromatic rings. The zero-order chi connectivity index (χ0) is 20.5. The minimum atomic E-state index is -0.566. The normalized spacial score (nSPS) is 18.4. The number of anilines is 2. The predicted molar refractivity (Wildman–Crippen MR) is 108 cm³/mol. The number of nitro benzene ring substituents is 1. The van der Waals surface area contributed by atoms with Gasteiger partial charge in [-0.2, -0.15) is 0 Å². The van der Waals surface area contributed by atoms with Crippen LogP contribution in [0.25, 0.3) is 0 Å². The Morgan fingerprint density at radius 3 is 2.83 bits per heavy atom. The Morgan fingerprint density at radius 1 is 1.38 bits per heavy atom. The Labute approximate surface area is 168 Å². The number of aromatic nitrogens is 2. The number of rotatable bonds is 5. The van der Waals surface area contributed by atoms with Crippen LogP contribution in [0.3, 0.4) is 0 Å². The number of hydrogen-bond acceptors (Lipinski definition) is 7. The van der Waals surface area contributed by atoms with Crippen LogP contribution >= 0.6 is 0 Å². The van der Waals surface area contributed by atoms with Crippen LogP contribution in [0.15, 0.2) is 41.7 Å². The molecule has 0 aliphatic carbocycles. The third kappa shape index (κ3) is 3.32. The molecule has 1 atom stereocenters. The van der Waals surface area contributed by atoms with Gasteiger partial charge in [-0.05, 0) is 32.3 Å². The molecule has 2 aliphatic rings. The largest absolute Gasteiger partial charge is 0.463 e. The number of nitrogens with zero attached hydrogens (tertiary/aromatic N) is 4. The lowest BCUT2D eigenvalue weighted by atomic mass is 9.95. The molecule has 2 aliphatic heterocycles. The van der Waals surface area contributed by atoms with E-state index in [9.17, 15) is 14.9 Å². The Bertz CT molecular complexity index is 991. The lowest BCUT2D eigenvalue weighted by Crippen LogP contribution is -2.32. The Hall–Kier alpha value is -3.36. The summed E-state index contributed by atoms with van der Waals surface area (Å²) in [6, 6.07) is 5.83. The lowest BCUT2D eigenvalue weighted by molar-refractivity contribution is -0.384. The molecule has 0 spiro atoms. The van der Waals surface area contributed by atoms with Gasteiger partial charge < -0.3 is 15.0 Å². The predicted octanol–water partition coefficient (Wildman–Crippen LogP) is 3.24. The monoisotopic (exact) mass is 397 g/mol. The van der Waals surface area contributed by atoms with Crippen molar-refractivity contribution in [3.05, 3.63) is 57.4 Å². The maximum atomic E-state index is 12.9. The van der Waals surface area contributed by atoms with Gasteiger partial charge in [0, 0.05) is 30.9 Å². The summed E-state index contributed by atoms with van der Waals surface area (Å²) < 4.78 is 7.27. The number of benzene rings is 1. The van der Waals surface area contributed by atoms with E-state index >= 15 is 0 Å². The number of carbonyl (C=O) groups is 1. The zero-order valence-electron chi connectivity index (χ0n) is 16.4. The van der Waals surface area contributed by atoms with Crippen molar-refractivity contribution >= 4 is 23.4 Å². The smallest absolute Gasteiger partial charge is 0.338 e. The summed E-state index contributed by atoms with van der Waals surface area (Å²) in [4.78, 5) is 30.5. The summed E-state index contributed by atoms with van der Waals surface area (Å²) in [6.07, 6.45) is 3.98. The molecular weight excluding hydrogens is 374 g/mol. The van der Waals surface area contributed by atoms with Gasteiger partial charge in [-0.15, -0.1) is 0 Å². The molecule has 4 rings (SSSR count). The van der Waals surface area contributed by atoms with Crippen LogP contribution in [-0.2, 0) is 9.53 Å². The van der Waals surface area contributed by atoms with Crippen LogP contribution in [0.4, 0.5) is 17.5 Å². The third-order valence-electron chi connectivity index (χ3n) is 5.33. The first kappa shape index (κ1) is 19.0. The van der Waals surface area contributed by atoms with E-state index in [4.69, 9.17) is 4.74 Å². The van der Waals surface area contributed by atoms with Crippen molar-refractivity contribution < 1.29 is 14.5 Å². The SMILES string of the molecule is CCOC(=O)C1=C(C)Nc2ncc(N3CCCC3)n2C1c1cccc([N+](=O)[O-])c1. The van der Waals surface area contributed by atoms with E-state index in [0.29, 0.717) is 22.8 Å². The topological polar surface area (TPSA) is 103 Å². The molecule has 1 fully saturated rings. The molecule has 1 saturated heterocycles. The summed E-state index contributed by atoms with van der Waals surface area (Å²) >= 11 is 0. The number of esters is 1. The number of non-ortho nitro benzene ring substituents is 1.